The maximum Gasteiger partial charge on any atom is 0.328 e. The average Bonchev–Trinajstić information content (AvgIpc) is 3.18. The molecule has 0 saturated carbocycles. The number of barbiturate groups is 1. The predicted molar refractivity (Wildman–Crippen MR) is 106 cm³/mol. The van der Waals surface area contributed by atoms with Crippen molar-refractivity contribution in [2.75, 3.05) is 11.4 Å². The summed E-state index contributed by atoms with van der Waals surface area (Å²) in [4.78, 5) is 50.6. The van der Waals surface area contributed by atoms with E-state index in [4.69, 9.17) is 0 Å². The van der Waals surface area contributed by atoms with Crippen LogP contribution in [0.5, 0.6) is 0 Å². The molecule has 30 heavy (non-hydrogen) atoms. The lowest BCUT2D eigenvalue weighted by atomic mass is 9.68. The summed E-state index contributed by atoms with van der Waals surface area (Å²) in [5.41, 5.74) is 0.799. The van der Waals surface area contributed by atoms with Gasteiger partial charge in [0.2, 0.25) is 11.8 Å². The molecule has 5 rings (SSSR count). The number of hydrogen-bond acceptors (Lipinski definition) is 6. The lowest BCUT2D eigenvalue weighted by Crippen LogP contribution is -2.70. The molecule has 0 aromatic heterocycles. The molecule has 0 radical (unpaired) electrons. The van der Waals surface area contributed by atoms with Gasteiger partial charge in [0.1, 0.15) is 0 Å². The first-order valence-electron chi connectivity index (χ1n) is 9.66. The number of nitrogens with zero attached hydrogens (tertiary/aromatic N) is 2. The van der Waals surface area contributed by atoms with Crippen LogP contribution < -0.4 is 15.5 Å². The lowest BCUT2D eigenvalue weighted by molar-refractivity contribution is -0.384. The van der Waals surface area contributed by atoms with Crippen LogP contribution in [0.2, 0.25) is 0 Å². The molecule has 0 aliphatic carbocycles. The number of carbonyl (C=O) groups is 3. The van der Waals surface area contributed by atoms with E-state index in [2.05, 4.69) is 10.6 Å². The van der Waals surface area contributed by atoms with Gasteiger partial charge < -0.3 is 4.90 Å². The minimum Gasteiger partial charge on any atom is -0.366 e. The van der Waals surface area contributed by atoms with Gasteiger partial charge in [0.15, 0.2) is 5.41 Å². The van der Waals surface area contributed by atoms with Crippen molar-refractivity contribution in [3.8, 4) is 0 Å². The number of non-ortho nitro benzene ring substituents is 1. The molecule has 152 valence electrons. The van der Waals surface area contributed by atoms with Crippen LogP contribution in [0.15, 0.2) is 48.5 Å². The summed E-state index contributed by atoms with van der Waals surface area (Å²) < 4.78 is 0. The molecule has 3 heterocycles. The topological polar surface area (TPSA) is 122 Å². The third-order valence-corrected chi connectivity index (χ3v) is 6.46. The highest BCUT2D eigenvalue weighted by Gasteiger charge is 2.62. The molecule has 2 atom stereocenters. The number of fused-ring (bicyclic) bond motifs is 4. The first-order valence-corrected chi connectivity index (χ1v) is 9.66. The lowest BCUT2D eigenvalue weighted by Gasteiger charge is -2.47. The highest BCUT2D eigenvalue weighted by atomic mass is 16.6. The van der Waals surface area contributed by atoms with Crippen LogP contribution in [0.1, 0.15) is 23.5 Å². The fraction of sp³-hybridized carbons (Fsp3) is 0.286. The van der Waals surface area contributed by atoms with Crippen molar-refractivity contribution in [3.63, 3.8) is 0 Å². The normalized spacial score (nSPS) is 24.1. The fourth-order valence-corrected chi connectivity index (χ4v) is 5.09. The van der Waals surface area contributed by atoms with Crippen molar-refractivity contribution in [1.29, 1.82) is 0 Å². The number of urea groups is 1. The Morgan fingerprint density at radius 1 is 1.03 bits per heavy atom. The van der Waals surface area contributed by atoms with Crippen molar-refractivity contribution < 1.29 is 19.3 Å². The largest absolute Gasteiger partial charge is 0.366 e. The standard InChI is InChI=1S/C21H18N4O5/c26-18-21(19(27)23-20(28)22-18)10-13-8-15(25(29)30)6-7-16(13)24-11-14(9-17(21)24)12-4-2-1-3-5-12/h1-8,14,17H,9-11H2,(H2,22,23,26,27,28)/t14-,17+/m0/s1. The molecular formula is C21H18N4O5. The Labute approximate surface area is 171 Å². The molecule has 3 aliphatic rings. The minimum atomic E-state index is -1.53. The van der Waals surface area contributed by atoms with Gasteiger partial charge in [-0.1, -0.05) is 30.3 Å². The number of hydrogen-bond donors (Lipinski definition) is 2. The minimum absolute atomic E-state index is 0.00234. The summed E-state index contributed by atoms with van der Waals surface area (Å²) in [6.07, 6.45) is 0.549. The van der Waals surface area contributed by atoms with Crippen LogP contribution >= 0.6 is 0 Å². The predicted octanol–water partition coefficient (Wildman–Crippen LogP) is 1.87. The Hall–Kier alpha value is -3.75. The first kappa shape index (κ1) is 18.3. The van der Waals surface area contributed by atoms with Gasteiger partial charge in [-0.25, -0.2) is 4.79 Å². The highest BCUT2D eigenvalue weighted by molar-refractivity contribution is 6.20. The molecule has 4 amide bonds. The van der Waals surface area contributed by atoms with E-state index < -0.39 is 34.2 Å². The van der Waals surface area contributed by atoms with Crippen LogP contribution in [0.4, 0.5) is 16.2 Å². The van der Waals surface area contributed by atoms with Gasteiger partial charge in [-0.05, 0) is 23.6 Å². The molecule has 9 nitrogen and oxygen atoms in total. The van der Waals surface area contributed by atoms with Gasteiger partial charge in [-0.15, -0.1) is 0 Å². The van der Waals surface area contributed by atoms with Crippen molar-refractivity contribution in [3.05, 3.63) is 69.8 Å². The van der Waals surface area contributed by atoms with Crippen molar-refractivity contribution >= 4 is 29.2 Å². The van der Waals surface area contributed by atoms with Gasteiger partial charge >= 0.3 is 6.03 Å². The Balaban J connectivity index is 1.65. The van der Waals surface area contributed by atoms with Crippen LogP contribution in [-0.4, -0.2) is 35.4 Å². The molecule has 2 fully saturated rings. The quantitative estimate of drug-likeness (QED) is 0.446. The Morgan fingerprint density at radius 3 is 2.40 bits per heavy atom. The van der Waals surface area contributed by atoms with E-state index in [9.17, 15) is 24.5 Å². The van der Waals surface area contributed by atoms with Gasteiger partial charge in [0.25, 0.3) is 5.69 Å². The number of anilines is 1. The van der Waals surface area contributed by atoms with Gasteiger partial charge in [0.05, 0.1) is 11.0 Å². The van der Waals surface area contributed by atoms with Crippen molar-refractivity contribution in [1.82, 2.24) is 10.6 Å². The molecule has 2 saturated heterocycles. The van der Waals surface area contributed by atoms with E-state index in [0.29, 0.717) is 18.5 Å². The van der Waals surface area contributed by atoms with E-state index >= 15 is 0 Å². The van der Waals surface area contributed by atoms with Crippen molar-refractivity contribution in [2.45, 2.75) is 24.8 Å². The molecule has 2 N–H and O–H groups in total. The van der Waals surface area contributed by atoms with Gasteiger partial charge in [0, 0.05) is 36.7 Å². The maximum atomic E-state index is 13.1. The number of benzene rings is 2. The average molecular weight is 406 g/mol. The highest BCUT2D eigenvalue weighted by Crippen LogP contribution is 2.50. The molecule has 0 unspecified atom stereocenters. The third kappa shape index (κ3) is 2.51. The molecule has 1 spiro atoms. The number of nitro groups is 1. The second kappa shape index (κ2) is 6.38. The Bertz CT molecular complexity index is 1080. The number of carbonyl (C=O) groups excluding carboxylic acids is 3. The Kier molecular flexibility index (Phi) is 3.89. The first-order chi connectivity index (χ1) is 14.4. The van der Waals surface area contributed by atoms with Crippen LogP contribution in [0.25, 0.3) is 0 Å². The number of amides is 4. The summed E-state index contributed by atoms with van der Waals surface area (Å²) in [5, 5.41) is 15.8. The molecule has 2 aromatic carbocycles. The number of imide groups is 2. The smallest absolute Gasteiger partial charge is 0.328 e. The second-order valence-electron chi connectivity index (χ2n) is 7.97. The Morgan fingerprint density at radius 2 is 1.73 bits per heavy atom. The summed E-state index contributed by atoms with van der Waals surface area (Å²) >= 11 is 0. The van der Waals surface area contributed by atoms with E-state index in [1.807, 2.05) is 35.2 Å². The molecule has 9 heteroatoms. The van der Waals surface area contributed by atoms with Crippen molar-refractivity contribution in [2.24, 2.45) is 5.41 Å². The van der Waals surface area contributed by atoms with Crippen LogP contribution in [-0.2, 0) is 16.0 Å². The summed E-state index contributed by atoms with van der Waals surface area (Å²) in [7, 11) is 0. The zero-order chi connectivity index (χ0) is 21.0. The maximum absolute atomic E-state index is 13.1. The molecule has 3 aliphatic heterocycles. The number of nitro benzene ring substituents is 1. The zero-order valence-corrected chi connectivity index (χ0v) is 15.8. The van der Waals surface area contributed by atoms with E-state index in [1.54, 1.807) is 6.07 Å². The monoisotopic (exact) mass is 406 g/mol. The summed E-state index contributed by atoms with van der Waals surface area (Å²) in [6.45, 7) is 0.565. The number of rotatable bonds is 2. The SMILES string of the molecule is O=C1NC(=O)C2(Cc3cc([N+](=O)[O-])ccc3N3C[C@@H](c4ccccc4)C[C@@H]32)C(=O)N1. The zero-order valence-electron chi connectivity index (χ0n) is 15.8. The summed E-state index contributed by atoms with van der Waals surface area (Å²) in [5.74, 6) is -1.23. The summed E-state index contributed by atoms with van der Waals surface area (Å²) in [6, 6.07) is 13.1. The van der Waals surface area contributed by atoms with Crippen LogP contribution in [0, 0.1) is 15.5 Å². The van der Waals surface area contributed by atoms with Gasteiger partial charge in [-0.3, -0.25) is 30.3 Å². The van der Waals surface area contributed by atoms with E-state index in [-0.39, 0.29) is 18.0 Å². The van der Waals surface area contributed by atoms with E-state index in [1.165, 1.54) is 12.1 Å². The van der Waals surface area contributed by atoms with Gasteiger partial charge in [-0.2, -0.15) is 0 Å². The van der Waals surface area contributed by atoms with E-state index in [0.717, 1.165) is 11.3 Å². The van der Waals surface area contributed by atoms with Crippen LogP contribution in [0.3, 0.4) is 0 Å². The second-order valence-corrected chi connectivity index (χ2v) is 7.97. The third-order valence-electron chi connectivity index (χ3n) is 6.46. The molecule has 0 bridgehead atoms. The number of nitrogens with one attached hydrogen (secondary N) is 2. The fourth-order valence-electron chi connectivity index (χ4n) is 5.09. The molecule has 2 aromatic rings. The molecular weight excluding hydrogens is 388 g/mol.